The molecule has 0 aliphatic carbocycles. The van der Waals surface area contributed by atoms with E-state index in [4.69, 9.17) is 4.42 Å². The molecule has 1 heterocycles. The van der Waals surface area contributed by atoms with Crippen LogP contribution in [0, 0.1) is 6.92 Å². The van der Waals surface area contributed by atoms with Crippen LogP contribution in [-0.4, -0.2) is 5.78 Å². The van der Waals surface area contributed by atoms with Crippen LogP contribution < -0.4 is 0 Å². The molecule has 0 saturated carbocycles. The van der Waals surface area contributed by atoms with Gasteiger partial charge in [0.25, 0.3) is 0 Å². The quantitative estimate of drug-likeness (QED) is 0.603. The number of aryl methyl sites for hydroxylation is 1. The number of hydrogen-bond acceptors (Lipinski definition) is 2. The highest BCUT2D eigenvalue weighted by atomic mass is 16.3. The fourth-order valence-corrected chi connectivity index (χ4v) is 2.92. The zero-order valence-corrected chi connectivity index (χ0v) is 13.7. The predicted octanol–water partition coefficient (Wildman–Crippen LogP) is 5.42. The first-order valence-corrected chi connectivity index (χ1v) is 7.76. The average molecular weight is 304 g/mol. The SMILES string of the molecule is Cc1oc(-c2ccccc2)cc1C(C)(C)C(=O)c1ccccc1. The highest BCUT2D eigenvalue weighted by Crippen LogP contribution is 2.35. The lowest BCUT2D eigenvalue weighted by Gasteiger charge is -2.22. The Morgan fingerprint density at radius 3 is 2.09 bits per heavy atom. The zero-order chi connectivity index (χ0) is 16.4. The summed E-state index contributed by atoms with van der Waals surface area (Å²) in [5, 5.41) is 0. The summed E-state index contributed by atoms with van der Waals surface area (Å²) in [4.78, 5) is 12.9. The van der Waals surface area contributed by atoms with Crippen molar-refractivity contribution in [1.29, 1.82) is 0 Å². The molecule has 2 nitrogen and oxygen atoms in total. The third-order valence-electron chi connectivity index (χ3n) is 4.25. The standard InChI is InChI=1S/C21H20O2/c1-15-18(14-19(23-15)16-10-6-4-7-11-16)21(2,3)20(22)17-12-8-5-9-13-17/h4-14H,1-3H3. The molecule has 2 heteroatoms. The van der Waals surface area contributed by atoms with E-state index in [1.165, 1.54) is 0 Å². The molecular weight excluding hydrogens is 284 g/mol. The zero-order valence-electron chi connectivity index (χ0n) is 13.7. The van der Waals surface area contributed by atoms with E-state index in [1.807, 2.05) is 87.5 Å². The van der Waals surface area contributed by atoms with E-state index in [0.717, 1.165) is 28.2 Å². The van der Waals surface area contributed by atoms with Gasteiger partial charge >= 0.3 is 0 Å². The summed E-state index contributed by atoms with van der Waals surface area (Å²) >= 11 is 0. The number of carbonyl (C=O) groups is 1. The Hall–Kier alpha value is -2.61. The van der Waals surface area contributed by atoms with Gasteiger partial charge in [-0.1, -0.05) is 60.7 Å². The van der Waals surface area contributed by atoms with E-state index in [0.29, 0.717) is 0 Å². The summed E-state index contributed by atoms with van der Waals surface area (Å²) in [7, 11) is 0. The van der Waals surface area contributed by atoms with Gasteiger partial charge in [-0.15, -0.1) is 0 Å². The maximum atomic E-state index is 12.9. The highest BCUT2D eigenvalue weighted by molar-refractivity contribution is 6.03. The summed E-state index contributed by atoms with van der Waals surface area (Å²) in [5.74, 6) is 1.69. The second-order valence-electron chi connectivity index (χ2n) is 6.27. The molecule has 0 amide bonds. The highest BCUT2D eigenvalue weighted by Gasteiger charge is 2.34. The first-order valence-electron chi connectivity index (χ1n) is 7.76. The van der Waals surface area contributed by atoms with Gasteiger partial charge < -0.3 is 4.42 Å². The van der Waals surface area contributed by atoms with E-state index in [2.05, 4.69) is 0 Å². The van der Waals surface area contributed by atoms with Gasteiger partial charge in [-0.3, -0.25) is 4.79 Å². The van der Waals surface area contributed by atoms with E-state index in [1.54, 1.807) is 0 Å². The number of Topliss-reactive ketones (excluding diaryl/α,β-unsaturated/α-hetero) is 1. The van der Waals surface area contributed by atoms with Gasteiger partial charge in [0.15, 0.2) is 5.78 Å². The number of carbonyl (C=O) groups excluding carboxylic acids is 1. The van der Waals surface area contributed by atoms with Crippen LogP contribution in [-0.2, 0) is 5.41 Å². The number of furan rings is 1. The molecular formula is C21H20O2. The van der Waals surface area contributed by atoms with Crippen LogP contribution in [0.2, 0.25) is 0 Å². The molecule has 0 bridgehead atoms. The molecule has 3 aromatic rings. The third-order valence-corrected chi connectivity index (χ3v) is 4.25. The fraction of sp³-hybridized carbons (Fsp3) is 0.190. The molecule has 0 saturated heterocycles. The van der Waals surface area contributed by atoms with E-state index >= 15 is 0 Å². The minimum atomic E-state index is -0.637. The van der Waals surface area contributed by atoms with Gasteiger partial charge in [-0.05, 0) is 26.8 Å². The van der Waals surface area contributed by atoms with Crippen molar-refractivity contribution in [3.8, 4) is 11.3 Å². The maximum absolute atomic E-state index is 12.9. The molecule has 1 aromatic heterocycles. The Kier molecular flexibility index (Phi) is 3.91. The van der Waals surface area contributed by atoms with Crippen LogP contribution in [0.1, 0.15) is 35.5 Å². The largest absolute Gasteiger partial charge is 0.461 e. The van der Waals surface area contributed by atoms with Gasteiger partial charge in [0.05, 0.1) is 5.41 Å². The minimum absolute atomic E-state index is 0.0987. The van der Waals surface area contributed by atoms with Crippen LogP contribution in [0.4, 0.5) is 0 Å². The lowest BCUT2D eigenvalue weighted by molar-refractivity contribution is 0.0907. The average Bonchev–Trinajstić information content (AvgIpc) is 2.98. The Morgan fingerprint density at radius 2 is 1.48 bits per heavy atom. The predicted molar refractivity (Wildman–Crippen MR) is 92.7 cm³/mol. The normalized spacial score (nSPS) is 11.4. The monoisotopic (exact) mass is 304 g/mol. The van der Waals surface area contributed by atoms with E-state index < -0.39 is 5.41 Å². The third kappa shape index (κ3) is 2.85. The van der Waals surface area contributed by atoms with Crippen LogP contribution in [0.3, 0.4) is 0 Å². The summed E-state index contributed by atoms with van der Waals surface area (Å²) in [6.45, 7) is 5.83. The van der Waals surface area contributed by atoms with E-state index in [9.17, 15) is 4.79 Å². The van der Waals surface area contributed by atoms with Crippen molar-refractivity contribution in [1.82, 2.24) is 0 Å². The Labute approximate surface area is 136 Å². The number of ketones is 1. The second-order valence-corrected chi connectivity index (χ2v) is 6.27. The van der Waals surface area contributed by atoms with Crippen molar-refractivity contribution in [2.75, 3.05) is 0 Å². The van der Waals surface area contributed by atoms with Crippen molar-refractivity contribution in [2.24, 2.45) is 0 Å². The number of hydrogen-bond donors (Lipinski definition) is 0. The van der Waals surface area contributed by atoms with Gasteiger partial charge in [-0.25, -0.2) is 0 Å². The van der Waals surface area contributed by atoms with Gasteiger partial charge in [0.2, 0.25) is 0 Å². The van der Waals surface area contributed by atoms with Crippen molar-refractivity contribution >= 4 is 5.78 Å². The van der Waals surface area contributed by atoms with Crippen molar-refractivity contribution in [3.05, 3.63) is 83.6 Å². The molecule has 116 valence electrons. The molecule has 0 aliphatic heterocycles. The van der Waals surface area contributed by atoms with Crippen molar-refractivity contribution in [3.63, 3.8) is 0 Å². The summed E-state index contributed by atoms with van der Waals surface area (Å²) in [6.07, 6.45) is 0. The van der Waals surface area contributed by atoms with Crippen LogP contribution in [0.5, 0.6) is 0 Å². The van der Waals surface area contributed by atoms with E-state index in [-0.39, 0.29) is 5.78 Å². The minimum Gasteiger partial charge on any atom is -0.461 e. The molecule has 0 N–H and O–H groups in total. The number of rotatable bonds is 4. The molecule has 0 spiro atoms. The molecule has 0 radical (unpaired) electrons. The van der Waals surface area contributed by atoms with Crippen molar-refractivity contribution in [2.45, 2.75) is 26.2 Å². The smallest absolute Gasteiger partial charge is 0.172 e. The summed E-state index contributed by atoms with van der Waals surface area (Å²) in [6, 6.07) is 21.4. The summed E-state index contributed by atoms with van der Waals surface area (Å²) < 4.78 is 5.92. The topological polar surface area (TPSA) is 30.2 Å². The Balaban J connectivity index is 2.01. The number of benzene rings is 2. The van der Waals surface area contributed by atoms with Gasteiger partial charge in [0, 0.05) is 16.7 Å². The molecule has 23 heavy (non-hydrogen) atoms. The lowest BCUT2D eigenvalue weighted by atomic mass is 9.78. The van der Waals surface area contributed by atoms with Gasteiger partial charge in [0.1, 0.15) is 11.5 Å². The maximum Gasteiger partial charge on any atom is 0.172 e. The van der Waals surface area contributed by atoms with Crippen molar-refractivity contribution < 1.29 is 9.21 Å². The second kappa shape index (κ2) is 5.88. The first-order chi connectivity index (χ1) is 11.0. The molecule has 3 rings (SSSR count). The fourth-order valence-electron chi connectivity index (χ4n) is 2.92. The lowest BCUT2D eigenvalue weighted by Crippen LogP contribution is -2.29. The Bertz CT molecular complexity index is 812. The van der Waals surface area contributed by atoms with Crippen LogP contribution in [0.25, 0.3) is 11.3 Å². The van der Waals surface area contributed by atoms with Gasteiger partial charge in [-0.2, -0.15) is 0 Å². The van der Waals surface area contributed by atoms with Crippen LogP contribution >= 0.6 is 0 Å². The molecule has 0 unspecified atom stereocenters. The Morgan fingerprint density at radius 1 is 0.913 bits per heavy atom. The summed E-state index contributed by atoms with van der Waals surface area (Å²) in [5.41, 5.74) is 2.04. The molecule has 0 fully saturated rings. The molecule has 0 aliphatic rings. The first kappa shape index (κ1) is 15.3. The molecule has 2 aromatic carbocycles. The van der Waals surface area contributed by atoms with Crippen LogP contribution in [0.15, 0.2) is 71.1 Å². The molecule has 0 atom stereocenters.